The molecule has 1 amide bonds. The van der Waals surface area contributed by atoms with Crippen LogP contribution in [0.15, 0.2) is 53.4 Å². The van der Waals surface area contributed by atoms with Crippen molar-refractivity contribution in [1.82, 2.24) is 4.31 Å². The predicted octanol–water partition coefficient (Wildman–Crippen LogP) is 2.72. The molecule has 0 saturated carbocycles. The topological polar surface area (TPSA) is 95.6 Å². The lowest BCUT2D eigenvalue weighted by molar-refractivity contribution is -0.114. The van der Waals surface area contributed by atoms with Gasteiger partial charge in [0.1, 0.15) is 0 Å². The Morgan fingerprint density at radius 2 is 1.68 bits per heavy atom. The molecule has 1 fully saturated rings. The molecule has 8 heteroatoms. The molecule has 2 aromatic rings. The molecular formula is C20H23N3O4S. The molecule has 1 aliphatic heterocycles. The molecule has 3 rings (SSSR count). The van der Waals surface area contributed by atoms with Crippen molar-refractivity contribution in [1.29, 1.82) is 0 Å². The van der Waals surface area contributed by atoms with E-state index in [1.165, 1.54) is 23.4 Å². The number of ketones is 1. The third kappa shape index (κ3) is 4.76. The molecule has 0 radical (unpaired) electrons. The Bertz CT molecular complexity index is 965. The lowest BCUT2D eigenvalue weighted by atomic mass is 10.1. The molecule has 1 heterocycles. The molecule has 0 unspecified atom stereocenters. The Morgan fingerprint density at radius 3 is 2.32 bits per heavy atom. The van der Waals surface area contributed by atoms with E-state index in [4.69, 9.17) is 0 Å². The van der Waals surface area contributed by atoms with Crippen LogP contribution in [0.25, 0.3) is 0 Å². The summed E-state index contributed by atoms with van der Waals surface area (Å²) in [6.07, 6.45) is 1.77. The molecule has 148 valence electrons. The molecule has 0 aliphatic carbocycles. The zero-order chi connectivity index (χ0) is 20.1. The molecule has 1 saturated heterocycles. The quantitative estimate of drug-likeness (QED) is 0.696. The normalized spacial score (nSPS) is 14.6. The van der Waals surface area contributed by atoms with Crippen LogP contribution in [0.5, 0.6) is 0 Å². The van der Waals surface area contributed by atoms with Crippen LogP contribution in [0, 0.1) is 0 Å². The van der Waals surface area contributed by atoms with Gasteiger partial charge in [0.25, 0.3) is 0 Å². The number of amides is 1. The van der Waals surface area contributed by atoms with Gasteiger partial charge >= 0.3 is 0 Å². The van der Waals surface area contributed by atoms with E-state index in [2.05, 4.69) is 10.6 Å². The van der Waals surface area contributed by atoms with Gasteiger partial charge in [-0.1, -0.05) is 12.1 Å². The fourth-order valence-corrected chi connectivity index (χ4v) is 4.54. The van der Waals surface area contributed by atoms with Crippen molar-refractivity contribution < 1.29 is 18.0 Å². The number of hydrogen-bond donors (Lipinski definition) is 2. The zero-order valence-corrected chi connectivity index (χ0v) is 16.5. The number of carbonyl (C=O) groups excluding carboxylic acids is 2. The summed E-state index contributed by atoms with van der Waals surface area (Å²) in [5.74, 6) is -0.319. The van der Waals surface area contributed by atoms with Crippen LogP contribution in [0.3, 0.4) is 0 Å². The first-order valence-electron chi connectivity index (χ1n) is 9.11. The van der Waals surface area contributed by atoms with E-state index in [0.29, 0.717) is 30.0 Å². The molecule has 0 spiro atoms. The van der Waals surface area contributed by atoms with Gasteiger partial charge in [0.2, 0.25) is 15.9 Å². The highest BCUT2D eigenvalue weighted by Gasteiger charge is 2.26. The summed E-state index contributed by atoms with van der Waals surface area (Å²) in [4.78, 5) is 23.8. The summed E-state index contributed by atoms with van der Waals surface area (Å²) in [7, 11) is -3.46. The van der Waals surface area contributed by atoms with Gasteiger partial charge in [-0.2, -0.15) is 4.31 Å². The SMILES string of the molecule is CC(=O)c1cccc(NCC(=O)Nc2ccc(S(=O)(=O)N3CCCC3)cc2)c1. The van der Waals surface area contributed by atoms with Crippen LogP contribution in [-0.4, -0.2) is 44.0 Å². The van der Waals surface area contributed by atoms with E-state index < -0.39 is 10.0 Å². The standard InChI is InChI=1S/C20H23N3O4S/c1-15(24)16-5-4-6-18(13-16)21-14-20(25)22-17-7-9-19(10-8-17)28(26,27)23-11-2-3-12-23/h4-10,13,21H,2-3,11-12,14H2,1H3,(H,22,25). The average Bonchev–Trinajstić information content (AvgIpc) is 3.23. The second-order valence-corrected chi connectivity index (χ2v) is 8.61. The number of sulfonamides is 1. The Balaban J connectivity index is 1.57. The molecule has 7 nitrogen and oxygen atoms in total. The Labute approximate surface area is 164 Å². The van der Waals surface area contributed by atoms with Gasteiger partial charge in [0, 0.05) is 30.0 Å². The Morgan fingerprint density at radius 1 is 1.00 bits per heavy atom. The van der Waals surface area contributed by atoms with E-state index in [0.717, 1.165) is 12.8 Å². The number of carbonyl (C=O) groups is 2. The zero-order valence-electron chi connectivity index (χ0n) is 15.6. The highest BCUT2D eigenvalue weighted by molar-refractivity contribution is 7.89. The van der Waals surface area contributed by atoms with E-state index in [1.807, 2.05) is 0 Å². The minimum atomic E-state index is -3.46. The summed E-state index contributed by atoms with van der Waals surface area (Å²) >= 11 is 0. The van der Waals surface area contributed by atoms with Crippen molar-refractivity contribution in [2.24, 2.45) is 0 Å². The molecule has 0 atom stereocenters. The van der Waals surface area contributed by atoms with Gasteiger partial charge < -0.3 is 10.6 Å². The molecule has 1 aliphatic rings. The molecule has 2 N–H and O–H groups in total. The smallest absolute Gasteiger partial charge is 0.243 e. The molecule has 0 bridgehead atoms. The number of anilines is 2. The second-order valence-electron chi connectivity index (χ2n) is 6.67. The number of benzene rings is 2. The molecule has 0 aromatic heterocycles. The van der Waals surface area contributed by atoms with Gasteiger partial charge in [-0.15, -0.1) is 0 Å². The first-order chi connectivity index (χ1) is 13.4. The predicted molar refractivity (Wildman–Crippen MR) is 108 cm³/mol. The van der Waals surface area contributed by atoms with Crippen molar-refractivity contribution >= 4 is 33.1 Å². The van der Waals surface area contributed by atoms with Gasteiger partial charge in [0.15, 0.2) is 5.78 Å². The fraction of sp³-hybridized carbons (Fsp3) is 0.300. The first kappa shape index (κ1) is 20.0. The highest BCUT2D eigenvalue weighted by Crippen LogP contribution is 2.22. The van der Waals surface area contributed by atoms with Crippen LogP contribution < -0.4 is 10.6 Å². The van der Waals surface area contributed by atoms with Crippen molar-refractivity contribution in [3.8, 4) is 0 Å². The lowest BCUT2D eigenvalue weighted by Gasteiger charge is -2.15. The Kier molecular flexibility index (Phi) is 6.11. The van der Waals surface area contributed by atoms with Crippen molar-refractivity contribution in [2.45, 2.75) is 24.7 Å². The largest absolute Gasteiger partial charge is 0.376 e. The maximum Gasteiger partial charge on any atom is 0.243 e. The first-order valence-corrected chi connectivity index (χ1v) is 10.6. The minimum absolute atomic E-state index is 0.0230. The van der Waals surface area contributed by atoms with E-state index in [-0.39, 0.29) is 23.1 Å². The molecule has 2 aromatic carbocycles. The van der Waals surface area contributed by atoms with E-state index in [9.17, 15) is 18.0 Å². The van der Waals surface area contributed by atoms with Gasteiger partial charge in [-0.05, 0) is 56.2 Å². The van der Waals surface area contributed by atoms with Gasteiger partial charge in [0.05, 0.1) is 11.4 Å². The third-order valence-electron chi connectivity index (χ3n) is 4.56. The average molecular weight is 401 g/mol. The summed E-state index contributed by atoms with van der Waals surface area (Å²) in [6, 6.07) is 13.1. The van der Waals surface area contributed by atoms with E-state index >= 15 is 0 Å². The third-order valence-corrected chi connectivity index (χ3v) is 6.48. The number of rotatable bonds is 7. The van der Waals surface area contributed by atoms with Gasteiger partial charge in [-0.3, -0.25) is 9.59 Å². The number of nitrogens with one attached hydrogen (secondary N) is 2. The minimum Gasteiger partial charge on any atom is -0.376 e. The lowest BCUT2D eigenvalue weighted by Crippen LogP contribution is -2.27. The van der Waals surface area contributed by atoms with Crippen LogP contribution in [-0.2, 0) is 14.8 Å². The summed E-state index contributed by atoms with van der Waals surface area (Å²) in [6.45, 7) is 2.61. The maximum atomic E-state index is 12.5. The number of nitrogens with zero attached hydrogens (tertiary/aromatic N) is 1. The Hall–Kier alpha value is -2.71. The van der Waals surface area contributed by atoms with E-state index in [1.54, 1.807) is 36.4 Å². The van der Waals surface area contributed by atoms with Crippen LogP contribution in [0.2, 0.25) is 0 Å². The molecular weight excluding hydrogens is 378 g/mol. The van der Waals surface area contributed by atoms with Crippen molar-refractivity contribution in [3.05, 3.63) is 54.1 Å². The molecule has 28 heavy (non-hydrogen) atoms. The summed E-state index contributed by atoms with van der Waals surface area (Å²) in [5.41, 5.74) is 1.76. The van der Waals surface area contributed by atoms with Crippen LogP contribution >= 0.6 is 0 Å². The van der Waals surface area contributed by atoms with Gasteiger partial charge in [-0.25, -0.2) is 8.42 Å². The second kappa shape index (κ2) is 8.53. The van der Waals surface area contributed by atoms with Crippen LogP contribution in [0.1, 0.15) is 30.1 Å². The number of Topliss-reactive ketones (excluding diaryl/α,β-unsaturated/α-hetero) is 1. The monoisotopic (exact) mass is 401 g/mol. The van der Waals surface area contributed by atoms with Crippen molar-refractivity contribution in [3.63, 3.8) is 0 Å². The summed E-state index contributed by atoms with van der Waals surface area (Å²) in [5, 5.41) is 5.69. The summed E-state index contributed by atoms with van der Waals surface area (Å²) < 4.78 is 26.5. The van der Waals surface area contributed by atoms with Crippen molar-refractivity contribution in [2.75, 3.05) is 30.3 Å². The number of hydrogen-bond acceptors (Lipinski definition) is 5. The van der Waals surface area contributed by atoms with Crippen LogP contribution in [0.4, 0.5) is 11.4 Å². The highest BCUT2D eigenvalue weighted by atomic mass is 32.2. The maximum absolute atomic E-state index is 12.5. The fourth-order valence-electron chi connectivity index (χ4n) is 3.02.